The molecule has 0 aliphatic carbocycles. The van der Waals surface area contributed by atoms with Gasteiger partial charge >= 0.3 is 0 Å². The van der Waals surface area contributed by atoms with Crippen LogP contribution in [0.5, 0.6) is 0 Å². The minimum absolute atomic E-state index is 0.437. The fraction of sp³-hybridized carbons (Fsp3) is 0.188. The minimum Gasteiger partial charge on any atom is -0.384 e. The Labute approximate surface area is 133 Å². The van der Waals surface area contributed by atoms with Gasteiger partial charge in [0.1, 0.15) is 11.5 Å². The van der Waals surface area contributed by atoms with Crippen LogP contribution in [0.4, 0.5) is 5.82 Å². The molecule has 1 unspecified atom stereocenters. The van der Waals surface area contributed by atoms with Crippen molar-refractivity contribution in [2.24, 2.45) is 5.73 Å². The van der Waals surface area contributed by atoms with E-state index in [1.807, 2.05) is 44.4 Å². The van der Waals surface area contributed by atoms with Gasteiger partial charge < -0.3 is 16.8 Å². The second-order valence-corrected chi connectivity index (χ2v) is 6.00. The van der Waals surface area contributed by atoms with Crippen molar-refractivity contribution in [1.29, 1.82) is 0 Å². The second kappa shape index (κ2) is 4.53. The molecule has 23 heavy (non-hydrogen) atoms. The van der Waals surface area contributed by atoms with Crippen LogP contribution in [0.25, 0.3) is 11.2 Å². The van der Waals surface area contributed by atoms with Crippen molar-refractivity contribution in [3.05, 3.63) is 59.3 Å². The first-order chi connectivity index (χ1) is 10.9. The normalized spacial score (nSPS) is 20.0. The van der Waals surface area contributed by atoms with Gasteiger partial charge in [-0.3, -0.25) is 0 Å². The van der Waals surface area contributed by atoms with Gasteiger partial charge in [-0.2, -0.15) is 0 Å². The lowest BCUT2D eigenvalue weighted by Gasteiger charge is -2.32. The molecule has 1 atom stereocenters. The van der Waals surface area contributed by atoms with E-state index in [4.69, 9.17) is 11.5 Å². The third-order valence-electron chi connectivity index (χ3n) is 4.01. The van der Waals surface area contributed by atoms with E-state index in [9.17, 15) is 0 Å². The second-order valence-electron chi connectivity index (χ2n) is 6.00. The van der Waals surface area contributed by atoms with Gasteiger partial charge in [0.15, 0.2) is 11.5 Å². The standard InChI is InChI=1S/C16H17N7/c1-9-3-4-14-21-15(22-23(14)8-9)11-6-20-16(2,18)12-7-19-13(17)5-10(11)12/h3-8,20H,18H2,1-2H3,(H2,17,19). The number of nitrogen functional groups attached to an aromatic ring is 1. The summed E-state index contributed by atoms with van der Waals surface area (Å²) in [7, 11) is 0. The maximum absolute atomic E-state index is 6.29. The molecule has 116 valence electrons. The average molecular weight is 307 g/mol. The summed E-state index contributed by atoms with van der Waals surface area (Å²) in [4.78, 5) is 8.75. The summed E-state index contributed by atoms with van der Waals surface area (Å²) in [6.45, 7) is 3.90. The number of nitrogens with one attached hydrogen (secondary N) is 1. The zero-order chi connectivity index (χ0) is 16.2. The van der Waals surface area contributed by atoms with E-state index in [2.05, 4.69) is 20.4 Å². The predicted octanol–water partition coefficient (Wildman–Crippen LogP) is 1.14. The van der Waals surface area contributed by atoms with E-state index in [1.165, 1.54) is 0 Å². The predicted molar refractivity (Wildman–Crippen MR) is 88.1 cm³/mol. The minimum atomic E-state index is -0.713. The Morgan fingerprint density at radius 1 is 1.30 bits per heavy atom. The molecule has 0 bridgehead atoms. The van der Waals surface area contributed by atoms with Crippen molar-refractivity contribution in [2.45, 2.75) is 19.5 Å². The summed E-state index contributed by atoms with van der Waals surface area (Å²) in [5.74, 6) is 1.05. The average Bonchev–Trinajstić information content (AvgIpc) is 2.89. The van der Waals surface area contributed by atoms with E-state index in [0.29, 0.717) is 11.6 Å². The van der Waals surface area contributed by atoms with Crippen molar-refractivity contribution < 1.29 is 0 Å². The van der Waals surface area contributed by atoms with Crippen LogP contribution < -0.4 is 16.8 Å². The number of nitrogens with zero attached hydrogens (tertiary/aromatic N) is 4. The molecule has 3 aromatic rings. The molecule has 0 fully saturated rings. The molecule has 0 aromatic carbocycles. The van der Waals surface area contributed by atoms with Gasteiger partial charge in [-0.05, 0) is 37.1 Å². The lowest BCUT2D eigenvalue weighted by atomic mass is 9.90. The molecule has 3 aromatic heterocycles. The molecule has 4 heterocycles. The maximum atomic E-state index is 6.29. The Morgan fingerprint density at radius 2 is 2.13 bits per heavy atom. The number of aromatic nitrogens is 4. The Morgan fingerprint density at radius 3 is 2.96 bits per heavy atom. The third-order valence-corrected chi connectivity index (χ3v) is 4.01. The van der Waals surface area contributed by atoms with Gasteiger partial charge in [0.05, 0.1) is 0 Å². The fourth-order valence-electron chi connectivity index (χ4n) is 2.77. The topological polar surface area (TPSA) is 107 Å². The van der Waals surface area contributed by atoms with Crippen molar-refractivity contribution in [3.63, 3.8) is 0 Å². The van der Waals surface area contributed by atoms with E-state index < -0.39 is 5.66 Å². The zero-order valence-electron chi connectivity index (χ0n) is 12.9. The molecule has 7 heteroatoms. The van der Waals surface area contributed by atoms with Gasteiger partial charge in [0.2, 0.25) is 0 Å². The van der Waals surface area contributed by atoms with Crippen LogP contribution in [0.1, 0.15) is 29.4 Å². The summed E-state index contributed by atoms with van der Waals surface area (Å²) < 4.78 is 1.77. The molecule has 1 aliphatic rings. The monoisotopic (exact) mass is 307 g/mol. The first-order valence-corrected chi connectivity index (χ1v) is 7.30. The number of hydrogen-bond acceptors (Lipinski definition) is 6. The molecule has 0 saturated heterocycles. The van der Waals surface area contributed by atoms with Gasteiger partial charge in [-0.1, -0.05) is 6.07 Å². The molecule has 0 spiro atoms. The molecular weight excluding hydrogens is 290 g/mol. The molecule has 0 radical (unpaired) electrons. The summed E-state index contributed by atoms with van der Waals surface area (Å²) in [5, 5.41) is 7.75. The molecule has 0 amide bonds. The van der Waals surface area contributed by atoms with Crippen LogP contribution >= 0.6 is 0 Å². The lowest BCUT2D eigenvalue weighted by molar-refractivity contribution is 0.430. The van der Waals surface area contributed by atoms with E-state index in [1.54, 1.807) is 10.7 Å². The van der Waals surface area contributed by atoms with Crippen molar-refractivity contribution in [1.82, 2.24) is 24.9 Å². The highest BCUT2D eigenvalue weighted by Crippen LogP contribution is 2.33. The third kappa shape index (κ3) is 2.13. The van der Waals surface area contributed by atoms with Crippen LogP contribution in [-0.4, -0.2) is 19.6 Å². The van der Waals surface area contributed by atoms with Crippen LogP contribution in [0.15, 0.2) is 36.8 Å². The van der Waals surface area contributed by atoms with Gasteiger partial charge in [0.25, 0.3) is 0 Å². The first kappa shape index (κ1) is 13.7. The van der Waals surface area contributed by atoms with E-state index in [-0.39, 0.29) is 0 Å². The van der Waals surface area contributed by atoms with Crippen LogP contribution in [0.2, 0.25) is 0 Å². The quantitative estimate of drug-likeness (QED) is 0.622. The zero-order valence-corrected chi connectivity index (χ0v) is 12.9. The Hall–Kier alpha value is -2.93. The summed E-state index contributed by atoms with van der Waals surface area (Å²) >= 11 is 0. The van der Waals surface area contributed by atoms with Crippen molar-refractivity contribution in [3.8, 4) is 0 Å². The first-order valence-electron chi connectivity index (χ1n) is 7.30. The van der Waals surface area contributed by atoms with Crippen molar-refractivity contribution >= 4 is 17.0 Å². The summed E-state index contributed by atoms with van der Waals surface area (Å²) in [6, 6.07) is 5.76. The molecule has 0 saturated carbocycles. The largest absolute Gasteiger partial charge is 0.384 e. The highest BCUT2D eigenvalue weighted by Gasteiger charge is 2.30. The maximum Gasteiger partial charge on any atom is 0.184 e. The SMILES string of the molecule is Cc1ccc2nc(C3=CNC(C)(N)c4cnc(N)cc43)nn2c1. The Bertz CT molecular complexity index is 952. The Balaban J connectivity index is 1.91. The molecule has 4 rings (SSSR count). The van der Waals surface area contributed by atoms with E-state index >= 15 is 0 Å². The fourth-order valence-corrected chi connectivity index (χ4v) is 2.77. The van der Waals surface area contributed by atoms with E-state index in [0.717, 1.165) is 27.9 Å². The van der Waals surface area contributed by atoms with Crippen molar-refractivity contribution in [2.75, 3.05) is 5.73 Å². The van der Waals surface area contributed by atoms with Crippen LogP contribution in [0.3, 0.4) is 0 Å². The number of hydrogen-bond donors (Lipinski definition) is 3. The van der Waals surface area contributed by atoms with Gasteiger partial charge in [-0.25, -0.2) is 14.5 Å². The number of rotatable bonds is 1. The highest BCUT2D eigenvalue weighted by molar-refractivity contribution is 5.81. The lowest BCUT2D eigenvalue weighted by Crippen LogP contribution is -2.47. The van der Waals surface area contributed by atoms with Crippen LogP contribution in [0, 0.1) is 6.92 Å². The number of pyridine rings is 2. The number of nitrogens with two attached hydrogens (primary N) is 2. The smallest absolute Gasteiger partial charge is 0.184 e. The number of fused-ring (bicyclic) bond motifs is 2. The molecule has 7 nitrogen and oxygen atoms in total. The number of aryl methyl sites for hydroxylation is 1. The highest BCUT2D eigenvalue weighted by atomic mass is 15.3. The number of anilines is 1. The van der Waals surface area contributed by atoms with Gasteiger partial charge in [-0.15, -0.1) is 5.10 Å². The molecule has 1 aliphatic heterocycles. The molecular formula is C16H17N7. The summed E-state index contributed by atoms with van der Waals surface area (Å²) in [5.41, 5.74) is 15.9. The van der Waals surface area contributed by atoms with Crippen LogP contribution in [-0.2, 0) is 5.66 Å². The molecule has 5 N–H and O–H groups in total. The summed E-state index contributed by atoms with van der Waals surface area (Å²) in [6.07, 6.45) is 5.48. The van der Waals surface area contributed by atoms with Gasteiger partial charge in [0, 0.05) is 29.7 Å². The Kier molecular flexibility index (Phi) is 2.70.